The molecule has 0 aliphatic heterocycles. The summed E-state index contributed by atoms with van der Waals surface area (Å²) >= 11 is 7.54. The molecule has 7 heteroatoms. The van der Waals surface area contributed by atoms with E-state index in [2.05, 4.69) is 11.9 Å². The third-order valence-corrected chi connectivity index (χ3v) is 4.94. The number of rotatable bonds is 9. The van der Waals surface area contributed by atoms with Gasteiger partial charge in [-0.05, 0) is 31.9 Å². The fourth-order valence-electron chi connectivity index (χ4n) is 2.29. The van der Waals surface area contributed by atoms with Crippen LogP contribution in [0.15, 0.2) is 12.1 Å². The number of hydrogen-bond acceptors (Lipinski definition) is 5. The zero-order valence-electron chi connectivity index (χ0n) is 14.6. The molecule has 0 bridgehead atoms. The van der Waals surface area contributed by atoms with Crippen molar-refractivity contribution in [3.63, 3.8) is 0 Å². The van der Waals surface area contributed by atoms with Crippen molar-refractivity contribution in [2.75, 3.05) is 13.2 Å². The van der Waals surface area contributed by atoms with Crippen LogP contribution in [0.2, 0.25) is 5.02 Å². The van der Waals surface area contributed by atoms with Crippen molar-refractivity contribution in [2.45, 2.75) is 40.0 Å². The molecule has 0 saturated heterocycles. The highest BCUT2D eigenvalue weighted by atomic mass is 35.5. The van der Waals surface area contributed by atoms with Crippen molar-refractivity contribution in [3.05, 3.63) is 27.7 Å². The van der Waals surface area contributed by atoms with Crippen molar-refractivity contribution < 1.29 is 19.4 Å². The Balaban J connectivity index is 2.43. The normalized spacial score (nSPS) is 10.7. The Labute approximate surface area is 156 Å². The Morgan fingerprint density at radius 3 is 2.60 bits per heavy atom. The van der Waals surface area contributed by atoms with Crippen LogP contribution in [0, 0.1) is 0 Å². The first-order valence-electron chi connectivity index (χ1n) is 8.34. The second-order valence-electron chi connectivity index (χ2n) is 5.37. The Morgan fingerprint density at radius 1 is 1.28 bits per heavy atom. The van der Waals surface area contributed by atoms with E-state index >= 15 is 0 Å². The van der Waals surface area contributed by atoms with Gasteiger partial charge < -0.3 is 14.6 Å². The number of carbonyl (C=O) groups is 1. The van der Waals surface area contributed by atoms with E-state index in [4.69, 9.17) is 21.1 Å². The van der Waals surface area contributed by atoms with Crippen LogP contribution < -0.4 is 9.47 Å². The highest BCUT2D eigenvalue weighted by molar-refractivity contribution is 7.17. The molecule has 1 heterocycles. The molecule has 0 saturated carbocycles. The number of benzene rings is 1. The molecule has 0 spiro atoms. The number of hydrogen-bond donors (Lipinski definition) is 1. The van der Waals surface area contributed by atoms with Crippen LogP contribution in [0.5, 0.6) is 11.5 Å². The lowest BCUT2D eigenvalue weighted by Gasteiger charge is -2.14. The quantitative estimate of drug-likeness (QED) is 0.595. The van der Waals surface area contributed by atoms with Crippen LogP contribution in [-0.2, 0) is 6.42 Å². The number of nitrogens with zero attached hydrogens (tertiary/aromatic N) is 1. The number of carboxylic acids is 1. The standard InChI is InChI=1S/C18H22ClNO4S/c1-4-7-8-24-15-12(19)9-11(10-14(15)23-6-3)17-20-13(5-2)16(25-17)18(21)22/h9-10H,4-8H2,1-3H3,(H,21,22). The molecule has 0 aliphatic carbocycles. The number of halogens is 1. The molecule has 1 N–H and O–H groups in total. The lowest BCUT2D eigenvalue weighted by molar-refractivity contribution is 0.0701. The molecule has 0 aliphatic rings. The van der Waals surface area contributed by atoms with Gasteiger partial charge in [0.25, 0.3) is 0 Å². The number of thiazole rings is 1. The van der Waals surface area contributed by atoms with Gasteiger partial charge in [-0.25, -0.2) is 9.78 Å². The van der Waals surface area contributed by atoms with Gasteiger partial charge in [-0.15, -0.1) is 11.3 Å². The molecule has 5 nitrogen and oxygen atoms in total. The Morgan fingerprint density at radius 2 is 2.04 bits per heavy atom. The van der Waals surface area contributed by atoms with Crippen LogP contribution in [-0.4, -0.2) is 29.3 Å². The number of unbranched alkanes of at least 4 members (excludes halogenated alkanes) is 1. The maximum absolute atomic E-state index is 11.4. The monoisotopic (exact) mass is 383 g/mol. The maximum atomic E-state index is 11.4. The molecule has 136 valence electrons. The first-order chi connectivity index (χ1) is 12.0. The summed E-state index contributed by atoms with van der Waals surface area (Å²) in [6.07, 6.45) is 2.51. The largest absolute Gasteiger partial charge is 0.490 e. The number of ether oxygens (including phenoxy) is 2. The number of aromatic nitrogens is 1. The molecular formula is C18H22ClNO4S. The molecule has 0 radical (unpaired) electrons. The zero-order valence-corrected chi connectivity index (χ0v) is 16.2. The molecule has 1 aromatic carbocycles. The van der Waals surface area contributed by atoms with E-state index in [1.807, 2.05) is 13.8 Å². The van der Waals surface area contributed by atoms with Gasteiger partial charge in [0.15, 0.2) is 11.5 Å². The highest BCUT2D eigenvalue weighted by Crippen LogP contribution is 2.41. The predicted molar refractivity (Wildman–Crippen MR) is 100 cm³/mol. The summed E-state index contributed by atoms with van der Waals surface area (Å²) in [5.41, 5.74) is 1.30. The van der Waals surface area contributed by atoms with E-state index in [0.29, 0.717) is 46.9 Å². The summed E-state index contributed by atoms with van der Waals surface area (Å²) in [5.74, 6) is 0.105. The molecule has 0 fully saturated rings. The van der Waals surface area contributed by atoms with Crippen molar-refractivity contribution in [1.82, 2.24) is 4.98 Å². The van der Waals surface area contributed by atoms with E-state index in [1.165, 1.54) is 0 Å². The fourth-order valence-corrected chi connectivity index (χ4v) is 3.54. The molecule has 2 aromatic rings. The fraction of sp³-hybridized carbons (Fsp3) is 0.444. The van der Waals surface area contributed by atoms with E-state index < -0.39 is 5.97 Å². The van der Waals surface area contributed by atoms with Crippen LogP contribution in [0.4, 0.5) is 0 Å². The number of carboxylic acid groups (broad SMARTS) is 1. The summed E-state index contributed by atoms with van der Waals surface area (Å²) in [4.78, 5) is 16.1. The minimum absolute atomic E-state index is 0.259. The summed E-state index contributed by atoms with van der Waals surface area (Å²) in [6.45, 7) is 6.90. The van der Waals surface area contributed by atoms with Gasteiger partial charge in [0.2, 0.25) is 0 Å². The van der Waals surface area contributed by atoms with Gasteiger partial charge in [0.05, 0.1) is 23.9 Å². The third-order valence-electron chi connectivity index (χ3n) is 3.53. The van der Waals surface area contributed by atoms with Gasteiger partial charge in [-0.3, -0.25) is 0 Å². The van der Waals surface area contributed by atoms with Gasteiger partial charge >= 0.3 is 5.97 Å². The predicted octanol–water partition coefficient (Wildman–Crippen LogP) is 5.30. The Hall–Kier alpha value is -1.79. The minimum atomic E-state index is -0.962. The smallest absolute Gasteiger partial charge is 0.347 e. The van der Waals surface area contributed by atoms with E-state index in [9.17, 15) is 9.90 Å². The SMILES string of the molecule is CCCCOc1c(Cl)cc(-c2nc(CC)c(C(=O)O)s2)cc1OCC. The Kier molecular flexibility index (Phi) is 7.08. The average Bonchev–Trinajstić information content (AvgIpc) is 3.02. The second-order valence-corrected chi connectivity index (χ2v) is 6.78. The second kappa shape index (κ2) is 9.06. The Bertz CT molecular complexity index is 745. The summed E-state index contributed by atoms with van der Waals surface area (Å²) in [5, 5.41) is 10.4. The third kappa shape index (κ3) is 4.64. The van der Waals surface area contributed by atoms with E-state index in [-0.39, 0.29) is 4.88 Å². The van der Waals surface area contributed by atoms with Crippen molar-refractivity contribution in [3.8, 4) is 22.1 Å². The van der Waals surface area contributed by atoms with Crippen LogP contribution in [0.1, 0.15) is 49.0 Å². The van der Waals surface area contributed by atoms with Gasteiger partial charge in [0, 0.05) is 5.56 Å². The lowest BCUT2D eigenvalue weighted by atomic mass is 10.2. The molecule has 2 rings (SSSR count). The summed E-state index contributed by atoms with van der Waals surface area (Å²) < 4.78 is 11.4. The molecule has 0 unspecified atom stereocenters. The summed E-state index contributed by atoms with van der Waals surface area (Å²) in [7, 11) is 0. The first kappa shape index (κ1) is 19.5. The summed E-state index contributed by atoms with van der Waals surface area (Å²) in [6, 6.07) is 3.55. The molecular weight excluding hydrogens is 362 g/mol. The number of aryl methyl sites for hydroxylation is 1. The first-order valence-corrected chi connectivity index (χ1v) is 9.53. The highest BCUT2D eigenvalue weighted by Gasteiger charge is 2.20. The van der Waals surface area contributed by atoms with E-state index in [0.717, 1.165) is 29.7 Å². The van der Waals surface area contributed by atoms with Crippen LogP contribution in [0.3, 0.4) is 0 Å². The molecule has 0 amide bonds. The minimum Gasteiger partial charge on any atom is -0.490 e. The van der Waals surface area contributed by atoms with Crippen LogP contribution in [0.25, 0.3) is 10.6 Å². The van der Waals surface area contributed by atoms with Gasteiger partial charge in [0.1, 0.15) is 9.88 Å². The van der Waals surface area contributed by atoms with E-state index in [1.54, 1.807) is 12.1 Å². The number of aromatic carboxylic acids is 1. The molecule has 0 atom stereocenters. The van der Waals surface area contributed by atoms with Gasteiger partial charge in [-0.2, -0.15) is 0 Å². The maximum Gasteiger partial charge on any atom is 0.347 e. The molecule has 1 aromatic heterocycles. The van der Waals surface area contributed by atoms with Crippen molar-refractivity contribution >= 4 is 28.9 Å². The molecule has 25 heavy (non-hydrogen) atoms. The zero-order chi connectivity index (χ0) is 18.4. The van der Waals surface area contributed by atoms with Gasteiger partial charge in [-0.1, -0.05) is 31.9 Å². The van der Waals surface area contributed by atoms with Crippen LogP contribution >= 0.6 is 22.9 Å². The topological polar surface area (TPSA) is 68.7 Å². The van der Waals surface area contributed by atoms with Crippen molar-refractivity contribution in [2.24, 2.45) is 0 Å². The average molecular weight is 384 g/mol. The lowest BCUT2D eigenvalue weighted by Crippen LogP contribution is -2.01. The van der Waals surface area contributed by atoms with Crippen molar-refractivity contribution in [1.29, 1.82) is 0 Å².